The van der Waals surface area contributed by atoms with Gasteiger partial charge in [0.25, 0.3) is 5.91 Å². The molecule has 1 saturated heterocycles. The molecule has 1 aliphatic heterocycles. The number of aromatic nitrogens is 2. The van der Waals surface area contributed by atoms with Crippen LogP contribution in [0.15, 0.2) is 6.07 Å². The van der Waals surface area contributed by atoms with Crippen molar-refractivity contribution < 1.29 is 14.7 Å². The highest BCUT2D eigenvalue weighted by Crippen LogP contribution is 2.43. The largest absolute Gasteiger partial charge is 0.480 e. The predicted octanol–water partition coefficient (Wildman–Crippen LogP) is 3.37. The lowest BCUT2D eigenvalue weighted by Gasteiger charge is -2.32. The number of hydrogen-bond donors (Lipinski definition) is 1. The molecule has 1 aromatic rings. The van der Waals surface area contributed by atoms with Crippen LogP contribution in [0.3, 0.4) is 0 Å². The number of aliphatic carboxylic acids is 1. The van der Waals surface area contributed by atoms with E-state index in [1.54, 1.807) is 4.90 Å². The Morgan fingerprint density at radius 2 is 1.85 bits per heavy atom. The summed E-state index contributed by atoms with van der Waals surface area (Å²) in [5.74, 6) is -0.275. The Morgan fingerprint density at radius 1 is 1.15 bits per heavy atom. The molecule has 0 spiro atoms. The monoisotopic (exact) mass is 359 g/mol. The molecule has 3 aliphatic rings. The number of carbonyl (C=O) groups excluding carboxylic acids is 1. The van der Waals surface area contributed by atoms with Crippen molar-refractivity contribution in [3.8, 4) is 0 Å². The lowest BCUT2D eigenvalue weighted by atomic mass is 9.84. The van der Waals surface area contributed by atoms with Crippen molar-refractivity contribution in [1.29, 1.82) is 0 Å². The number of fused-ring (bicyclic) bond motifs is 1. The van der Waals surface area contributed by atoms with Crippen molar-refractivity contribution >= 4 is 11.9 Å². The minimum Gasteiger partial charge on any atom is -0.480 e. The molecule has 2 aliphatic carbocycles. The Balaban J connectivity index is 1.68. The van der Waals surface area contributed by atoms with Gasteiger partial charge in [0.15, 0.2) is 5.69 Å². The SMILES string of the molecule is CC(C)(C)n1nc(C(=O)N2C(C(=O)O)CC3CCCCC32)cc1C1CC1. The van der Waals surface area contributed by atoms with Crippen LogP contribution in [0.1, 0.15) is 87.8 Å². The molecule has 2 saturated carbocycles. The van der Waals surface area contributed by atoms with Crippen molar-refractivity contribution in [1.82, 2.24) is 14.7 Å². The zero-order valence-electron chi connectivity index (χ0n) is 15.9. The number of carboxylic acids is 1. The second-order valence-electron chi connectivity index (χ2n) is 9.23. The van der Waals surface area contributed by atoms with Gasteiger partial charge in [0.05, 0.1) is 5.54 Å². The summed E-state index contributed by atoms with van der Waals surface area (Å²) in [7, 11) is 0. The van der Waals surface area contributed by atoms with Crippen LogP contribution in [0.2, 0.25) is 0 Å². The fraction of sp³-hybridized carbons (Fsp3) is 0.750. The standard InChI is InChI=1S/C20H29N3O3/c1-20(2,3)23-16(12-8-9-12)11-14(21-23)18(24)22-15-7-5-4-6-13(15)10-17(22)19(25)26/h11-13,15,17H,4-10H2,1-3H3,(H,25,26). The molecule has 3 fully saturated rings. The molecule has 4 rings (SSSR count). The van der Waals surface area contributed by atoms with Gasteiger partial charge in [-0.15, -0.1) is 0 Å². The molecule has 3 atom stereocenters. The van der Waals surface area contributed by atoms with Crippen LogP contribution in [-0.2, 0) is 10.3 Å². The summed E-state index contributed by atoms with van der Waals surface area (Å²) in [6.07, 6.45) is 7.02. The zero-order valence-corrected chi connectivity index (χ0v) is 15.9. The second-order valence-corrected chi connectivity index (χ2v) is 9.23. The molecule has 0 radical (unpaired) electrons. The first-order chi connectivity index (χ1) is 12.3. The van der Waals surface area contributed by atoms with Crippen molar-refractivity contribution in [3.05, 3.63) is 17.5 Å². The van der Waals surface area contributed by atoms with Crippen LogP contribution in [0.25, 0.3) is 0 Å². The molecule has 142 valence electrons. The molecule has 1 N–H and O–H groups in total. The molecule has 1 amide bonds. The third-order valence-corrected chi connectivity index (χ3v) is 6.19. The van der Waals surface area contributed by atoms with Crippen molar-refractivity contribution in [3.63, 3.8) is 0 Å². The average molecular weight is 359 g/mol. The summed E-state index contributed by atoms with van der Waals surface area (Å²) in [4.78, 5) is 26.8. The maximum atomic E-state index is 13.3. The van der Waals surface area contributed by atoms with E-state index < -0.39 is 12.0 Å². The number of hydrogen-bond acceptors (Lipinski definition) is 3. The lowest BCUT2D eigenvalue weighted by Crippen LogP contribution is -2.46. The first-order valence-corrected chi connectivity index (χ1v) is 9.93. The fourth-order valence-electron chi connectivity index (χ4n) is 4.81. The van der Waals surface area contributed by atoms with E-state index >= 15 is 0 Å². The van der Waals surface area contributed by atoms with E-state index in [2.05, 4.69) is 25.9 Å². The van der Waals surface area contributed by atoms with Gasteiger partial charge in [0, 0.05) is 17.7 Å². The van der Waals surface area contributed by atoms with Gasteiger partial charge in [-0.3, -0.25) is 9.48 Å². The molecule has 26 heavy (non-hydrogen) atoms. The topological polar surface area (TPSA) is 75.4 Å². The number of carboxylic acid groups (broad SMARTS) is 1. The molecule has 2 heterocycles. The molecular weight excluding hydrogens is 330 g/mol. The van der Waals surface area contributed by atoms with Gasteiger partial charge in [-0.1, -0.05) is 12.8 Å². The van der Waals surface area contributed by atoms with Crippen LogP contribution >= 0.6 is 0 Å². The molecular formula is C20H29N3O3. The van der Waals surface area contributed by atoms with Gasteiger partial charge < -0.3 is 10.0 Å². The van der Waals surface area contributed by atoms with E-state index in [0.29, 0.717) is 24.0 Å². The van der Waals surface area contributed by atoms with Gasteiger partial charge >= 0.3 is 5.97 Å². The van der Waals surface area contributed by atoms with E-state index in [0.717, 1.165) is 44.2 Å². The van der Waals surface area contributed by atoms with E-state index in [9.17, 15) is 14.7 Å². The van der Waals surface area contributed by atoms with Gasteiger partial charge in [-0.25, -0.2) is 4.79 Å². The molecule has 6 heteroatoms. The smallest absolute Gasteiger partial charge is 0.326 e. The molecule has 0 bridgehead atoms. The highest BCUT2D eigenvalue weighted by molar-refractivity contribution is 5.96. The third-order valence-electron chi connectivity index (χ3n) is 6.19. The summed E-state index contributed by atoms with van der Waals surface area (Å²) in [6.45, 7) is 6.27. The average Bonchev–Trinajstić information content (AvgIpc) is 3.19. The second kappa shape index (κ2) is 6.10. The zero-order chi connectivity index (χ0) is 18.6. The van der Waals surface area contributed by atoms with Crippen molar-refractivity contribution in [2.75, 3.05) is 0 Å². The van der Waals surface area contributed by atoms with Crippen LogP contribution in [0.5, 0.6) is 0 Å². The predicted molar refractivity (Wildman–Crippen MR) is 97.2 cm³/mol. The van der Waals surface area contributed by atoms with Crippen molar-refractivity contribution in [2.45, 2.75) is 89.3 Å². The van der Waals surface area contributed by atoms with E-state index in [1.165, 1.54) is 0 Å². The van der Waals surface area contributed by atoms with E-state index in [1.807, 2.05) is 10.7 Å². The van der Waals surface area contributed by atoms with Gasteiger partial charge in [-0.05, 0) is 64.9 Å². The van der Waals surface area contributed by atoms with Crippen LogP contribution in [0, 0.1) is 5.92 Å². The highest BCUT2D eigenvalue weighted by atomic mass is 16.4. The first kappa shape index (κ1) is 17.6. The maximum Gasteiger partial charge on any atom is 0.326 e. The minimum absolute atomic E-state index is 0.0570. The molecule has 6 nitrogen and oxygen atoms in total. The van der Waals surface area contributed by atoms with Crippen LogP contribution < -0.4 is 0 Å². The van der Waals surface area contributed by atoms with E-state index in [4.69, 9.17) is 0 Å². The lowest BCUT2D eigenvalue weighted by molar-refractivity contribution is -0.141. The Bertz CT molecular complexity index is 729. The summed E-state index contributed by atoms with van der Waals surface area (Å²) in [6, 6.07) is 1.27. The quantitative estimate of drug-likeness (QED) is 0.898. The third kappa shape index (κ3) is 2.93. The van der Waals surface area contributed by atoms with Gasteiger partial charge in [0.2, 0.25) is 0 Å². The minimum atomic E-state index is -0.884. The Hall–Kier alpha value is -1.85. The van der Waals surface area contributed by atoms with Crippen LogP contribution in [-0.4, -0.2) is 43.7 Å². The van der Waals surface area contributed by atoms with Crippen LogP contribution in [0.4, 0.5) is 0 Å². The maximum absolute atomic E-state index is 13.3. The van der Waals surface area contributed by atoms with Gasteiger partial charge in [0.1, 0.15) is 6.04 Å². The fourth-order valence-corrected chi connectivity index (χ4v) is 4.81. The number of nitrogens with zero attached hydrogens (tertiary/aromatic N) is 3. The summed E-state index contributed by atoms with van der Waals surface area (Å²) < 4.78 is 1.97. The van der Waals surface area contributed by atoms with Gasteiger partial charge in [-0.2, -0.15) is 5.10 Å². The molecule has 1 aromatic heterocycles. The number of amides is 1. The normalized spacial score (nSPS) is 28.9. The highest BCUT2D eigenvalue weighted by Gasteiger charge is 2.48. The summed E-state index contributed by atoms with van der Waals surface area (Å²) in [5.41, 5.74) is 1.34. The molecule has 3 unspecified atom stereocenters. The number of rotatable bonds is 3. The van der Waals surface area contributed by atoms with E-state index in [-0.39, 0.29) is 17.5 Å². The Morgan fingerprint density at radius 3 is 2.46 bits per heavy atom. The number of carbonyl (C=O) groups is 2. The Kier molecular flexibility index (Phi) is 4.12. The van der Waals surface area contributed by atoms with Crippen molar-refractivity contribution in [2.24, 2.45) is 5.92 Å². The molecule has 0 aromatic carbocycles. The summed E-state index contributed by atoms with van der Waals surface area (Å²) >= 11 is 0. The first-order valence-electron chi connectivity index (χ1n) is 9.93. The number of likely N-dealkylation sites (tertiary alicyclic amines) is 1. The summed E-state index contributed by atoms with van der Waals surface area (Å²) in [5, 5.41) is 14.3. The Labute approximate surface area is 154 Å².